The smallest absolute Gasteiger partial charge is 0.293 e. The Balaban J connectivity index is 2.00. The third-order valence-corrected chi connectivity index (χ3v) is 3.91. The van der Waals surface area contributed by atoms with Crippen molar-refractivity contribution in [3.8, 4) is 0 Å². The number of hydrogen-bond acceptors (Lipinski definition) is 2. The Morgan fingerprint density at radius 3 is 2.90 bits per heavy atom. The summed E-state index contributed by atoms with van der Waals surface area (Å²) in [5.41, 5.74) is 2.52. The van der Waals surface area contributed by atoms with Crippen molar-refractivity contribution in [3.05, 3.63) is 52.7 Å². The molecular formula is C17H18FNO2. The molecule has 1 aliphatic heterocycles. The van der Waals surface area contributed by atoms with E-state index in [0.717, 1.165) is 41.8 Å². The van der Waals surface area contributed by atoms with Crippen molar-refractivity contribution >= 4 is 11.6 Å². The average molecular weight is 287 g/mol. The third-order valence-electron chi connectivity index (χ3n) is 3.91. The lowest BCUT2D eigenvalue weighted by molar-refractivity contribution is 0.0956. The predicted molar refractivity (Wildman–Crippen MR) is 79.2 cm³/mol. The Morgan fingerprint density at radius 2 is 2.19 bits per heavy atom. The predicted octanol–water partition coefficient (Wildman–Crippen LogP) is 3.88. The zero-order valence-corrected chi connectivity index (χ0v) is 12.3. The summed E-state index contributed by atoms with van der Waals surface area (Å²) in [4.78, 5) is 14.4. The van der Waals surface area contributed by atoms with E-state index < -0.39 is 0 Å². The van der Waals surface area contributed by atoms with Crippen molar-refractivity contribution in [2.24, 2.45) is 0 Å². The molecule has 0 bridgehead atoms. The van der Waals surface area contributed by atoms with Gasteiger partial charge >= 0.3 is 0 Å². The summed E-state index contributed by atoms with van der Waals surface area (Å²) in [5.74, 6) is 0.756. The number of hydrogen-bond donors (Lipinski definition) is 0. The summed E-state index contributed by atoms with van der Waals surface area (Å²) in [6, 6.07) is 6.55. The van der Waals surface area contributed by atoms with Gasteiger partial charge in [-0.2, -0.15) is 0 Å². The number of anilines is 1. The second kappa shape index (κ2) is 5.35. The molecule has 0 saturated carbocycles. The van der Waals surface area contributed by atoms with Crippen molar-refractivity contribution < 1.29 is 13.6 Å². The van der Waals surface area contributed by atoms with Crippen LogP contribution in [0.3, 0.4) is 0 Å². The molecule has 0 atom stereocenters. The minimum absolute atomic E-state index is 0.148. The Labute approximate surface area is 123 Å². The molecule has 3 rings (SSSR count). The molecule has 0 aliphatic carbocycles. The van der Waals surface area contributed by atoms with Crippen molar-refractivity contribution in [2.75, 3.05) is 11.4 Å². The van der Waals surface area contributed by atoms with Crippen LogP contribution in [0.15, 0.2) is 28.7 Å². The fourth-order valence-corrected chi connectivity index (χ4v) is 2.94. The van der Waals surface area contributed by atoms with Gasteiger partial charge in [0.2, 0.25) is 0 Å². The van der Waals surface area contributed by atoms with Crippen LogP contribution in [0, 0.1) is 12.7 Å². The van der Waals surface area contributed by atoms with Gasteiger partial charge in [-0.25, -0.2) is 4.39 Å². The maximum atomic E-state index is 13.5. The highest BCUT2D eigenvalue weighted by Crippen LogP contribution is 2.32. The first-order valence-electron chi connectivity index (χ1n) is 7.29. The SMILES string of the molecule is CCc1ccc(C(=O)N2CCCc3cc(F)cc(C)c32)o1. The van der Waals surface area contributed by atoms with Gasteiger partial charge in [-0.15, -0.1) is 0 Å². The summed E-state index contributed by atoms with van der Waals surface area (Å²) in [7, 11) is 0. The lowest BCUT2D eigenvalue weighted by Crippen LogP contribution is -2.36. The molecule has 0 unspecified atom stereocenters. The van der Waals surface area contributed by atoms with Crippen LogP contribution < -0.4 is 4.90 Å². The molecular weight excluding hydrogens is 269 g/mol. The molecule has 4 heteroatoms. The highest BCUT2D eigenvalue weighted by Gasteiger charge is 2.27. The van der Waals surface area contributed by atoms with Crippen LogP contribution in [0.4, 0.5) is 10.1 Å². The van der Waals surface area contributed by atoms with E-state index in [9.17, 15) is 9.18 Å². The van der Waals surface area contributed by atoms with Crippen molar-refractivity contribution in [2.45, 2.75) is 33.1 Å². The Kier molecular flexibility index (Phi) is 3.53. The van der Waals surface area contributed by atoms with Gasteiger partial charge in [-0.05, 0) is 55.2 Å². The standard InChI is InChI=1S/C17H18FNO2/c1-3-14-6-7-15(21-14)17(20)19-8-4-5-12-10-13(18)9-11(2)16(12)19/h6-7,9-10H,3-5,8H2,1-2H3. The second-order valence-corrected chi connectivity index (χ2v) is 5.41. The maximum Gasteiger partial charge on any atom is 0.293 e. The molecule has 0 radical (unpaired) electrons. The van der Waals surface area contributed by atoms with Crippen LogP contribution in [0.5, 0.6) is 0 Å². The fraction of sp³-hybridized carbons (Fsp3) is 0.353. The number of nitrogens with zero attached hydrogens (tertiary/aromatic N) is 1. The Morgan fingerprint density at radius 1 is 1.38 bits per heavy atom. The summed E-state index contributed by atoms with van der Waals surface area (Å²) in [6.45, 7) is 4.46. The lowest BCUT2D eigenvalue weighted by atomic mass is 9.97. The second-order valence-electron chi connectivity index (χ2n) is 5.41. The zero-order valence-electron chi connectivity index (χ0n) is 12.3. The molecule has 21 heavy (non-hydrogen) atoms. The van der Waals surface area contributed by atoms with E-state index in [-0.39, 0.29) is 11.7 Å². The minimum atomic E-state index is -0.244. The van der Waals surface area contributed by atoms with Crippen molar-refractivity contribution in [1.29, 1.82) is 0 Å². The van der Waals surface area contributed by atoms with Crippen LogP contribution in [0.1, 0.15) is 40.8 Å². The summed E-state index contributed by atoms with van der Waals surface area (Å²) in [5, 5.41) is 0. The first-order valence-corrected chi connectivity index (χ1v) is 7.29. The van der Waals surface area contributed by atoms with Gasteiger partial charge in [-0.1, -0.05) is 6.92 Å². The first-order chi connectivity index (χ1) is 10.1. The molecule has 2 aromatic rings. The van der Waals surface area contributed by atoms with E-state index in [4.69, 9.17) is 4.42 Å². The van der Waals surface area contributed by atoms with Crippen LogP contribution >= 0.6 is 0 Å². The number of halogens is 1. The lowest BCUT2D eigenvalue weighted by Gasteiger charge is -2.30. The number of carbonyl (C=O) groups is 1. The van der Waals surface area contributed by atoms with E-state index in [1.165, 1.54) is 12.1 Å². The maximum absolute atomic E-state index is 13.5. The van der Waals surface area contributed by atoms with E-state index >= 15 is 0 Å². The van der Waals surface area contributed by atoms with Gasteiger partial charge in [-0.3, -0.25) is 4.79 Å². The molecule has 1 amide bonds. The summed E-state index contributed by atoms with van der Waals surface area (Å²) >= 11 is 0. The molecule has 0 saturated heterocycles. The van der Waals surface area contributed by atoms with Crippen LogP contribution in [-0.4, -0.2) is 12.5 Å². The van der Waals surface area contributed by atoms with Gasteiger partial charge in [0.05, 0.1) is 5.69 Å². The topological polar surface area (TPSA) is 33.5 Å². The van der Waals surface area contributed by atoms with Crippen LogP contribution in [-0.2, 0) is 12.8 Å². The van der Waals surface area contributed by atoms with Gasteiger partial charge in [0.25, 0.3) is 5.91 Å². The molecule has 0 spiro atoms. The molecule has 2 heterocycles. The van der Waals surface area contributed by atoms with Gasteiger partial charge in [0.1, 0.15) is 11.6 Å². The molecule has 3 nitrogen and oxygen atoms in total. The van der Waals surface area contributed by atoms with Crippen LogP contribution in [0.25, 0.3) is 0 Å². The largest absolute Gasteiger partial charge is 0.456 e. The normalized spacial score (nSPS) is 14.1. The number of rotatable bonds is 2. The average Bonchev–Trinajstić information content (AvgIpc) is 2.94. The minimum Gasteiger partial charge on any atom is -0.456 e. The number of furan rings is 1. The Hall–Kier alpha value is -2.10. The van der Waals surface area contributed by atoms with Gasteiger partial charge in [0, 0.05) is 13.0 Å². The molecule has 110 valence electrons. The molecule has 1 aromatic carbocycles. The Bertz CT molecular complexity index is 690. The first kappa shape index (κ1) is 13.9. The number of aryl methyl sites for hydroxylation is 3. The van der Waals surface area contributed by atoms with E-state index in [1.54, 1.807) is 11.0 Å². The molecule has 1 aliphatic rings. The van der Waals surface area contributed by atoms with Crippen molar-refractivity contribution in [1.82, 2.24) is 0 Å². The molecule has 0 N–H and O–H groups in total. The van der Waals surface area contributed by atoms with Gasteiger partial charge < -0.3 is 9.32 Å². The summed E-state index contributed by atoms with van der Waals surface area (Å²) < 4.78 is 19.1. The van der Waals surface area contributed by atoms with Gasteiger partial charge in [0.15, 0.2) is 5.76 Å². The third kappa shape index (κ3) is 2.46. The zero-order chi connectivity index (χ0) is 15.0. The van der Waals surface area contributed by atoms with E-state index in [2.05, 4.69) is 0 Å². The fourth-order valence-electron chi connectivity index (χ4n) is 2.94. The number of carbonyl (C=O) groups excluding carboxylic acids is 1. The quantitative estimate of drug-likeness (QED) is 0.839. The molecule has 1 aromatic heterocycles. The van der Waals surface area contributed by atoms with E-state index in [0.29, 0.717) is 12.3 Å². The monoisotopic (exact) mass is 287 g/mol. The number of fused-ring (bicyclic) bond motifs is 1. The highest BCUT2D eigenvalue weighted by atomic mass is 19.1. The highest BCUT2D eigenvalue weighted by molar-refractivity contribution is 6.05. The summed E-state index contributed by atoms with van der Waals surface area (Å²) in [6.07, 6.45) is 2.40. The van der Waals surface area contributed by atoms with Crippen molar-refractivity contribution in [3.63, 3.8) is 0 Å². The number of amides is 1. The molecule has 0 fully saturated rings. The number of benzene rings is 1. The van der Waals surface area contributed by atoms with Crippen LogP contribution in [0.2, 0.25) is 0 Å². The van der Waals surface area contributed by atoms with E-state index in [1.807, 2.05) is 19.9 Å².